The Kier molecular flexibility index (Phi) is 4.92. The molecule has 0 spiro atoms. The minimum Gasteiger partial charge on any atom is -0.489 e. The number of nitrogens with zero attached hydrogens (tertiary/aromatic N) is 3. The maximum absolute atomic E-state index is 9.04. The Bertz CT molecular complexity index is 816. The van der Waals surface area contributed by atoms with Crippen molar-refractivity contribution in [3.05, 3.63) is 70.8 Å². The van der Waals surface area contributed by atoms with E-state index in [1.165, 1.54) is 6.08 Å². The highest BCUT2D eigenvalue weighted by atomic mass is 16.5. The van der Waals surface area contributed by atoms with E-state index in [2.05, 4.69) is 6.07 Å². The average Bonchev–Trinajstić information content (AvgIpc) is 2.58. The first kappa shape index (κ1) is 14.9. The number of allylic oxidation sites excluding steroid dienone is 1. The largest absolute Gasteiger partial charge is 0.489 e. The van der Waals surface area contributed by atoms with Gasteiger partial charge in [0.25, 0.3) is 0 Å². The van der Waals surface area contributed by atoms with Crippen LogP contribution < -0.4 is 4.74 Å². The van der Waals surface area contributed by atoms with Crippen LogP contribution >= 0.6 is 0 Å². The molecule has 0 amide bonds. The van der Waals surface area contributed by atoms with Gasteiger partial charge >= 0.3 is 0 Å². The van der Waals surface area contributed by atoms with Crippen molar-refractivity contribution in [1.29, 1.82) is 15.8 Å². The molecular formula is C18H11N3O. The molecule has 22 heavy (non-hydrogen) atoms. The first-order valence-corrected chi connectivity index (χ1v) is 6.49. The van der Waals surface area contributed by atoms with Crippen LogP contribution in [0.25, 0.3) is 6.08 Å². The summed E-state index contributed by atoms with van der Waals surface area (Å²) in [7, 11) is 0. The van der Waals surface area contributed by atoms with E-state index in [9.17, 15) is 0 Å². The van der Waals surface area contributed by atoms with Gasteiger partial charge in [-0.25, -0.2) is 0 Å². The maximum Gasteiger partial charge on any atom is 0.130 e. The Morgan fingerprint density at radius 2 is 1.77 bits per heavy atom. The molecule has 0 saturated heterocycles. The normalized spacial score (nSPS) is 8.95. The van der Waals surface area contributed by atoms with Gasteiger partial charge in [0.2, 0.25) is 0 Å². The summed E-state index contributed by atoms with van der Waals surface area (Å²) in [4.78, 5) is 0. The zero-order valence-electron chi connectivity index (χ0n) is 11.7. The summed E-state index contributed by atoms with van der Waals surface area (Å²) in [5, 5.41) is 26.6. The molecule has 0 atom stereocenters. The molecule has 0 aliphatic rings. The summed E-state index contributed by atoms with van der Waals surface area (Å²) in [6, 6.07) is 20.1. The summed E-state index contributed by atoms with van der Waals surface area (Å²) >= 11 is 0. The van der Waals surface area contributed by atoms with Crippen molar-refractivity contribution in [3.8, 4) is 24.0 Å². The van der Waals surface area contributed by atoms with Crippen LogP contribution in [0, 0.1) is 34.0 Å². The second-order valence-electron chi connectivity index (χ2n) is 4.41. The SMILES string of the molecule is N#CC(C#N)=Cc1cccc(OCc2ccccc2C#N)c1. The van der Waals surface area contributed by atoms with E-state index in [0.717, 1.165) is 5.56 Å². The first-order chi connectivity index (χ1) is 10.8. The van der Waals surface area contributed by atoms with Crippen LogP contribution in [0.4, 0.5) is 0 Å². The number of benzene rings is 2. The monoisotopic (exact) mass is 285 g/mol. The van der Waals surface area contributed by atoms with Crippen LogP contribution in [-0.2, 0) is 6.61 Å². The Morgan fingerprint density at radius 3 is 2.50 bits per heavy atom. The van der Waals surface area contributed by atoms with Crippen LogP contribution in [0.1, 0.15) is 16.7 Å². The van der Waals surface area contributed by atoms with E-state index in [1.54, 1.807) is 36.4 Å². The van der Waals surface area contributed by atoms with Crippen LogP contribution in [0.15, 0.2) is 54.1 Å². The lowest BCUT2D eigenvalue weighted by atomic mass is 10.1. The van der Waals surface area contributed by atoms with Crippen LogP contribution in [0.3, 0.4) is 0 Å². The fourth-order valence-electron chi connectivity index (χ4n) is 1.87. The smallest absolute Gasteiger partial charge is 0.130 e. The third kappa shape index (κ3) is 3.73. The van der Waals surface area contributed by atoms with E-state index in [1.807, 2.05) is 24.3 Å². The molecule has 0 N–H and O–H groups in total. The van der Waals surface area contributed by atoms with Crippen LogP contribution in [0.5, 0.6) is 5.75 Å². The topological polar surface area (TPSA) is 80.6 Å². The van der Waals surface area contributed by atoms with E-state index < -0.39 is 0 Å². The van der Waals surface area contributed by atoms with Crippen molar-refractivity contribution in [2.75, 3.05) is 0 Å². The standard InChI is InChI=1S/C18H11N3O/c19-10-15(11-20)8-14-4-3-7-18(9-14)22-13-17-6-2-1-5-16(17)12-21/h1-9H,13H2. The lowest BCUT2D eigenvalue weighted by Crippen LogP contribution is -1.98. The van der Waals surface area contributed by atoms with Crippen molar-refractivity contribution in [2.24, 2.45) is 0 Å². The molecule has 104 valence electrons. The molecule has 0 aromatic heterocycles. The van der Waals surface area contributed by atoms with Gasteiger partial charge in [0.15, 0.2) is 0 Å². The lowest BCUT2D eigenvalue weighted by Gasteiger charge is -2.08. The fourth-order valence-corrected chi connectivity index (χ4v) is 1.87. The molecule has 0 aliphatic carbocycles. The summed E-state index contributed by atoms with van der Waals surface area (Å²) in [5.41, 5.74) is 2.13. The summed E-state index contributed by atoms with van der Waals surface area (Å²) < 4.78 is 5.68. The molecule has 0 radical (unpaired) electrons. The fraction of sp³-hybridized carbons (Fsp3) is 0.0556. The molecule has 0 bridgehead atoms. The number of hydrogen-bond donors (Lipinski definition) is 0. The van der Waals surface area contributed by atoms with Crippen molar-refractivity contribution < 1.29 is 4.74 Å². The highest BCUT2D eigenvalue weighted by Gasteiger charge is 2.02. The van der Waals surface area contributed by atoms with E-state index in [-0.39, 0.29) is 12.2 Å². The highest BCUT2D eigenvalue weighted by Crippen LogP contribution is 2.18. The minimum absolute atomic E-state index is 0.0342. The molecule has 2 aromatic carbocycles. The molecule has 0 unspecified atom stereocenters. The van der Waals surface area contributed by atoms with E-state index in [0.29, 0.717) is 16.9 Å². The molecule has 2 rings (SSSR count). The Balaban J connectivity index is 2.15. The molecule has 0 fully saturated rings. The Hall–Kier alpha value is -3.55. The van der Waals surface area contributed by atoms with Gasteiger partial charge in [0, 0.05) is 5.56 Å². The van der Waals surface area contributed by atoms with Gasteiger partial charge in [0.1, 0.15) is 30.1 Å². The Labute approximate surface area is 128 Å². The molecule has 4 heteroatoms. The minimum atomic E-state index is 0.0342. The number of hydrogen-bond acceptors (Lipinski definition) is 4. The second kappa shape index (κ2) is 7.29. The highest BCUT2D eigenvalue weighted by molar-refractivity contribution is 5.62. The zero-order chi connectivity index (χ0) is 15.8. The predicted octanol–water partition coefficient (Wildman–Crippen LogP) is 3.57. The molecule has 0 heterocycles. The molecule has 2 aromatic rings. The molecule has 0 aliphatic heterocycles. The van der Waals surface area contributed by atoms with Gasteiger partial charge in [-0.05, 0) is 29.8 Å². The van der Waals surface area contributed by atoms with Crippen molar-refractivity contribution in [1.82, 2.24) is 0 Å². The van der Waals surface area contributed by atoms with E-state index >= 15 is 0 Å². The van der Waals surface area contributed by atoms with Gasteiger partial charge < -0.3 is 4.74 Å². The van der Waals surface area contributed by atoms with Crippen molar-refractivity contribution >= 4 is 6.08 Å². The average molecular weight is 285 g/mol. The third-order valence-electron chi connectivity index (χ3n) is 2.94. The quantitative estimate of drug-likeness (QED) is 0.804. The van der Waals surface area contributed by atoms with Gasteiger partial charge in [-0.15, -0.1) is 0 Å². The van der Waals surface area contributed by atoms with Crippen molar-refractivity contribution in [2.45, 2.75) is 6.61 Å². The summed E-state index contributed by atoms with van der Waals surface area (Å²) in [6.45, 7) is 0.278. The number of nitriles is 3. The molecular weight excluding hydrogens is 274 g/mol. The Morgan fingerprint density at radius 1 is 1.00 bits per heavy atom. The lowest BCUT2D eigenvalue weighted by molar-refractivity contribution is 0.306. The predicted molar refractivity (Wildman–Crippen MR) is 81.1 cm³/mol. The summed E-state index contributed by atoms with van der Waals surface area (Å²) in [6.07, 6.45) is 1.50. The van der Waals surface area contributed by atoms with E-state index in [4.69, 9.17) is 20.5 Å². The second-order valence-corrected chi connectivity index (χ2v) is 4.41. The zero-order valence-corrected chi connectivity index (χ0v) is 11.7. The van der Waals surface area contributed by atoms with Crippen LogP contribution in [-0.4, -0.2) is 0 Å². The molecule has 0 saturated carbocycles. The van der Waals surface area contributed by atoms with Gasteiger partial charge in [0.05, 0.1) is 11.6 Å². The van der Waals surface area contributed by atoms with Crippen molar-refractivity contribution in [3.63, 3.8) is 0 Å². The van der Waals surface area contributed by atoms with Gasteiger partial charge in [-0.2, -0.15) is 15.8 Å². The van der Waals surface area contributed by atoms with Gasteiger partial charge in [-0.3, -0.25) is 0 Å². The van der Waals surface area contributed by atoms with Crippen LogP contribution in [0.2, 0.25) is 0 Å². The number of rotatable bonds is 4. The maximum atomic E-state index is 9.04. The molecule has 4 nitrogen and oxygen atoms in total. The number of ether oxygens (including phenoxy) is 1. The first-order valence-electron chi connectivity index (χ1n) is 6.49. The van der Waals surface area contributed by atoms with Gasteiger partial charge in [-0.1, -0.05) is 30.3 Å². The third-order valence-corrected chi connectivity index (χ3v) is 2.94. The summed E-state index contributed by atoms with van der Waals surface area (Å²) in [5.74, 6) is 0.608.